The average molecular weight is 451 g/mol. The van der Waals surface area contributed by atoms with Crippen molar-refractivity contribution in [2.45, 2.75) is 26.4 Å². The molecule has 7 nitrogen and oxygen atoms in total. The number of fused-ring (bicyclic) bond motifs is 2. The molecule has 0 aliphatic carbocycles. The highest BCUT2D eigenvalue weighted by Crippen LogP contribution is 2.36. The molecular weight excluding hydrogens is 424 g/mol. The van der Waals surface area contributed by atoms with Crippen LogP contribution in [0.25, 0.3) is 32.8 Å². The van der Waals surface area contributed by atoms with E-state index in [1.54, 1.807) is 20.0 Å². The molecule has 5 aromatic rings. The second-order valence-corrected chi connectivity index (χ2v) is 8.89. The molecule has 0 unspecified atom stereocenters. The van der Waals surface area contributed by atoms with Crippen LogP contribution in [0.2, 0.25) is 0 Å². The second-order valence-electron chi connectivity index (χ2n) is 8.89. The first-order chi connectivity index (χ1) is 16.3. The number of benzene rings is 3. The zero-order valence-corrected chi connectivity index (χ0v) is 19.6. The zero-order valence-electron chi connectivity index (χ0n) is 19.6. The van der Waals surface area contributed by atoms with Crippen LogP contribution in [0.5, 0.6) is 0 Å². The molecule has 0 amide bonds. The second kappa shape index (κ2) is 8.35. The number of rotatable bonds is 5. The summed E-state index contributed by atoms with van der Waals surface area (Å²) in [5.41, 5.74) is 4.92. The average Bonchev–Trinajstić information content (AvgIpc) is 2.83. The van der Waals surface area contributed by atoms with E-state index in [9.17, 15) is 5.11 Å². The molecule has 2 aromatic heterocycles. The first-order valence-corrected chi connectivity index (χ1v) is 11.1. The molecule has 3 aromatic carbocycles. The summed E-state index contributed by atoms with van der Waals surface area (Å²) in [6.45, 7) is 5.64. The van der Waals surface area contributed by atoms with Crippen molar-refractivity contribution in [3.8, 4) is 11.1 Å². The first-order valence-electron chi connectivity index (χ1n) is 11.1. The Kier molecular flexibility index (Phi) is 5.34. The lowest BCUT2D eigenvalue weighted by atomic mass is 9.94. The predicted molar refractivity (Wildman–Crippen MR) is 137 cm³/mol. The van der Waals surface area contributed by atoms with Gasteiger partial charge in [0.1, 0.15) is 0 Å². The minimum atomic E-state index is -0.930. The molecule has 0 radical (unpaired) electrons. The fraction of sp³-hybridized carbons (Fsp3) is 0.185. The van der Waals surface area contributed by atoms with E-state index < -0.39 is 5.60 Å². The summed E-state index contributed by atoms with van der Waals surface area (Å²) in [6, 6.07) is 18.1. The molecule has 0 aliphatic heterocycles. The summed E-state index contributed by atoms with van der Waals surface area (Å²) in [7, 11) is 1.81. The van der Waals surface area contributed by atoms with Gasteiger partial charge in [-0.2, -0.15) is 5.10 Å². The topological polar surface area (TPSA) is 95.9 Å². The van der Waals surface area contributed by atoms with E-state index in [1.165, 1.54) is 0 Å². The van der Waals surface area contributed by atoms with Gasteiger partial charge < -0.3 is 15.7 Å². The quantitative estimate of drug-likeness (QED) is 0.322. The lowest BCUT2D eigenvalue weighted by Gasteiger charge is -2.19. The number of nitrogens with zero attached hydrogens (tertiary/aromatic N) is 4. The Morgan fingerprint density at radius 2 is 1.79 bits per heavy atom. The molecule has 3 N–H and O–H groups in total. The van der Waals surface area contributed by atoms with Crippen LogP contribution >= 0.6 is 0 Å². The Morgan fingerprint density at radius 1 is 0.941 bits per heavy atom. The third-order valence-corrected chi connectivity index (χ3v) is 5.98. The van der Waals surface area contributed by atoms with Gasteiger partial charge in [0.2, 0.25) is 5.95 Å². The smallest absolute Gasteiger partial charge is 0.222 e. The van der Waals surface area contributed by atoms with Gasteiger partial charge in [-0.15, -0.1) is 5.10 Å². The van der Waals surface area contributed by atoms with Crippen molar-refractivity contribution in [2.24, 2.45) is 0 Å². The van der Waals surface area contributed by atoms with Crippen molar-refractivity contribution < 1.29 is 5.11 Å². The van der Waals surface area contributed by atoms with Gasteiger partial charge in [-0.1, -0.05) is 30.3 Å². The standard InChI is InChI=1S/C27H26N6O/c1-16-8-10-21-22(24(16)17-9-11-23-18(12-17)14-29-26(28-4)32-23)15-30-33-25(21)31-20-7-5-6-19(13-20)27(2,3)34/h5-15,34H,1-4H3,(H,31,33)(H,28,29,32). The van der Waals surface area contributed by atoms with Gasteiger partial charge in [0.15, 0.2) is 5.82 Å². The van der Waals surface area contributed by atoms with E-state index in [-0.39, 0.29) is 0 Å². The van der Waals surface area contributed by atoms with E-state index in [2.05, 4.69) is 62.0 Å². The van der Waals surface area contributed by atoms with Crippen LogP contribution in [0.4, 0.5) is 17.5 Å². The first kappa shape index (κ1) is 21.7. The Hall–Kier alpha value is -4.10. The normalized spacial score (nSPS) is 11.7. The van der Waals surface area contributed by atoms with Crippen molar-refractivity contribution in [1.29, 1.82) is 0 Å². The van der Waals surface area contributed by atoms with Crippen LogP contribution in [0, 0.1) is 6.92 Å². The van der Waals surface area contributed by atoms with E-state index in [0.29, 0.717) is 11.8 Å². The van der Waals surface area contributed by atoms with Crippen LogP contribution in [-0.4, -0.2) is 32.3 Å². The Bertz CT molecular complexity index is 1520. The molecule has 0 fully saturated rings. The van der Waals surface area contributed by atoms with Gasteiger partial charge in [0.25, 0.3) is 0 Å². The van der Waals surface area contributed by atoms with E-state index in [0.717, 1.165) is 49.6 Å². The van der Waals surface area contributed by atoms with Crippen molar-refractivity contribution in [1.82, 2.24) is 20.2 Å². The van der Waals surface area contributed by atoms with Gasteiger partial charge in [-0.25, -0.2) is 9.97 Å². The molecule has 0 saturated carbocycles. The Morgan fingerprint density at radius 3 is 2.59 bits per heavy atom. The maximum atomic E-state index is 10.4. The molecule has 0 saturated heterocycles. The molecule has 170 valence electrons. The summed E-state index contributed by atoms with van der Waals surface area (Å²) >= 11 is 0. The fourth-order valence-corrected chi connectivity index (χ4v) is 4.17. The largest absolute Gasteiger partial charge is 0.386 e. The van der Waals surface area contributed by atoms with Gasteiger partial charge in [-0.3, -0.25) is 0 Å². The minimum Gasteiger partial charge on any atom is -0.386 e. The maximum Gasteiger partial charge on any atom is 0.222 e. The highest BCUT2D eigenvalue weighted by molar-refractivity contribution is 6.04. The van der Waals surface area contributed by atoms with E-state index in [4.69, 9.17) is 0 Å². The number of nitrogens with one attached hydrogen (secondary N) is 2. The zero-order chi connectivity index (χ0) is 23.9. The summed E-state index contributed by atoms with van der Waals surface area (Å²) < 4.78 is 0. The third-order valence-electron chi connectivity index (χ3n) is 5.98. The molecule has 2 heterocycles. The van der Waals surface area contributed by atoms with Crippen LogP contribution in [-0.2, 0) is 5.60 Å². The van der Waals surface area contributed by atoms with Crippen molar-refractivity contribution in [3.05, 3.63) is 78.1 Å². The van der Waals surface area contributed by atoms with Crippen LogP contribution in [0.3, 0.4) is 0 Å². The predicted octanol–water partition coefficient (Wildman–Crippen LogP) is 5.56. The van der Waals surface area contributed by atoms with Gasteiger partial charge in [-0.05, 0) is 67.3 Å². The molecule has 0 spiro atoms. The number of aliphatic hydroxyl groups is 1. The molecule has 0 bridgehead atoms. The Labute approximate surface area is 197 Å². The molecule has 34 heavy (non-hydrogen) atoms. The number of aromatic nitrogens is 4. The molecule has 0 aliphatic rings. The summed E-state index contributed by atoms with van der Waals surface area (Å²) in [5.74, 6) is 1.26. The van der Waals surface area contributed by atoms with Crippen LogP contribution < -0.4 is 10.6 Å². The lowest BCUT2D eigenvalue weighted by molar-refractivity contribution is 0.0786. The SMILES string of the molecule is CNc1ncc2cc(-c3c(C)ccc4c(Nc5cccc(C(C)(C)O)c5)nncc34)ccc2n1. The number of anilines is 3. The maximum absolute atomic E-state index is 10.4. The summed E-state index contributed by atoms with van der Waals surface area (Å²) in [6.07, 6.45) is 3.64. The highest BCUT2D eigenvalue weighted by Gasteiger charge is 2.17. The summed E-state index contributed by atoms with van der Waals surface area (Å²) in [4.78, 5) is 8.88. The highest BCUT2D eigenvalue weighted by atomic mass is 16.3. The fourth-order valence-electron chi connectivity index (χ4n) is 4.17. The third kappa shape index (κ3) is 4.02. The number of aryl methyl sites for hydroxylation is 1. The van der Waals surface area contributed by atoms with Crippen LogP contribution in [0.15, 0.2) is 67.0 Å². The van der Waals surface area contributed by atoms with Crippen molar-refractivity contribution in [3.63, 3.8) is 0 Å². The molecular formula is C27H26N6O. The number of hydrogen-bond acceptors (Lipinski definition) is 7. The van der Waals surface area contributed by atoms with E-state index >= 15 is 0 Å². The van der Waals surface area contributed by atoms with E-state index in [1.807, 2.05) is 43.6 Å². The lowest BCUT2D eigenvalue weighted by Crippen LogP contribution is -2.15. The van der Waals surface area contributed by atoms with Crippen LogP contribution in [0.1, 0.15) is 25.0 Å². The number of hydrogen-bond donors (Lipinski definition) is 3. The Balaban J connectivity index is 1.61. The van der Waals surface area contributed by atoms with Gasteiger partial charge >= 0.3 is 0 Å². The van der Waals surface area contributed by atoms with Crippen molar-refractivity contribution in [2.75, 3.05) is 17.7 Å². The molecule has 0 atom stereocenters. The molecule has 7 heteroatoms. The van der Waals surface area contributed by atoms with Crippen molar-refractivity contribution >= 4 is 39.1 Å². The van der Waals surface area contributed by atoms with Gasteiger partial charge in [0, 0.05) is 35.1 Å². The monoisotopic (exact) mass is 450 g/mol. The minimum absolute atomic E-state index is 0.598. The molecule has 5 rings (SSSR count). The van der Waals surface area contributed by atoms with Gasteiger partial charge in [0.05, 0.1) is 17.3 Å². The summed E-state index contributed by atoms with van der Waals surface area (Å²) in [5, 5.41) is 28.4.